The maximum absolute atomic E-state index is 3.22. The van der Waals surface area contributed by atoms with Gasteiger partial charge in [-0.1, -0.05) is 11.5 Å². The number of hydrogen-bond acceptors (Lipinski definition) is 1. The van der Waals surface area contributed by atoms with Crippen LogP contribution in [0.3, 0.4) is 0 Å². The summed E-state index contributed by atoms with van der Waals surface area (Å²) >= 11 is 0. The van der Waals surface area contributed by atoms with Crippen LogP contribution >= 0.6 is 0 Å². The number of benzene rings is 2. The second-order valence-electron chi connectivity index (χ2n) is 3.30. The van der Waals surface area contributed by atoms with Crippen LogP contribution in [0, 0.1) is 6.07 Å². The molecule has 0 saturated heterocycles. The molecule has 0 heterocycles. The van der Waals surface area contributed by atoms with Crippen molar-refractivity contribution in [3.63, 3.8) is 0 Å². The molecular weight excluding hydrogens is 165 g/mol. The van der Waals surface area contributed by atoms with Crippen LogP contribution in [0.4, 0.5) is 5.69 Å². The Labute approximate surface area is 96.9 Å². The topological polar surface area (TPSA) is 3.24 Å². The molecule has 0 spiro atoms. The quantitative estimate of drug-likeness (QED) is 0.427. The van der Waals surface area contributed by atoms with Gasteiger partial charge in [-0.25, -0.2) is 0 Å². The van der Waals surface area contributed by atoms with Gasteiger partial charge in [0.15, 0.2) is 0 Å². The van der Waals surface area contributed by atoms with E-state index in [4.69, 9.17) is 0 Å². The molecule has 66 valence electrons. The van der Waals surface area contributed by atoms with Crippen LogP contribution < -0.4 is 23.8 Å². The summed E-state index contributed by atoms with van der Waals surface area (Å²) in [5.41, 5.74) is 1.24. The summed E-state index contributed by atoms with van der Waals surface area (Å²) in [6.07, 6.45) is 0. The van der Waals surface area contributed by atoms with E-state index in [-0.39, 0.29) is 18.9 Å². The number of hydrogen-bond donors (Lipinski definition) is 0. The molecule has 0 aliphatic carbocycles. The van der Waals surface area contributed by atoms with Crippen molar-refractivity contribution < 1.29 is 18.9 Å². The molecule has 2 aromatic carbocycles. The standard InChI is InChI=1S/C12H12N.Li/c1-13(2)12-9-5-7-10-6-3-4-8-11(10)12;/h3-5,7-9H,1-2H3;/q-1;+1. The number of rotatable bonds is 1. The van der Waals surface area contributed by atoms with Gasteiger partial charge in [-0.15, -0.1) is 41.8 Å². The minimum absolute atomic E-state index is 0. The van der Waals surface area contributed by atoms with Gasteiger partial charge < -0.3 is 4.90 Å². The fraction of sp³-hybridized carbons (Fsp3) is 0.167. The zero-order chi connectivity index (χ0) is 9.26. The Balaban J connectivity index is 0.000000980. The van der Waals surface area contributed by atoms with Crippen molar-refractivity contribution in [2.75, 3.05) is 19.0 Å². The average Bonchev–Trinajstić information content (AvgIpc) is 2.17. The third-order valence-corrected chi connectivity index (χ3v) is 2.16. The first-order chi connectivity index (χ1) is 6.29. The summed E-state index contributed by atoms with van der Waals surface area (Å²) in [5, 5.41) is 2.43. The normalized spacial score (nSPS) is 9.57. The van der Waals surface area contributed by atoms with Crippen molar-refractivity contribution in [2.24, 2.45) is 0 Å². The summed E-state index contributed by atoms with van der Waals surface area (Å²) in [6, 6.07) is 15.6. The van der Waals surface area contributed by atoms with E-state index in [0.717, 1.165) is 0 Å². The van der Waals surface area contributed by atoms with Gasteiger partial charge in [0.1, 0.15) is 0 Å². The predicted molar refractivity (Wildman–Crippen MR) is 57.1 cm³/mol. The van der Waals surface area contributed by atoms with Gasteiger partial charge in [0.2, 0.25) is 0 Å². The van der Waals surface area contributed by atoms with E-state index in [9.17, 15) is 0 Å². The van der Waals surface area contributed by atoms with Crippen LogP contribution in [0.25, 0.3) is 10.8 Å². The van der Waals surface area contributed by atoms with Crippen molar-refractivity contribution in [3.8, 4) is 0 Å². The molecule has 0 saturated carbocycles. The van der Waals surface area contributed by atoms with E-state index in [1.807, 2.05) is 12.1 Å². The van der Waals surface area contributed by atoms with E-state index < -0.39 is 0 Å². The van der Waals surface area contributed by atoms with E-state index in [2.05, 4.69) is 49.3 Å². The zero-order valence-electron chi connectivity index (χ0n) is 8.91. The van der Waals surface area contributed by atoms with E-state index >= 15 is 0 Å². The van der Waals surface area contributed by atoms with E-state index in [1.165, 1.54) is 16.5 Å². The monoisotopic (exact) mass is 177 g/mol. The molecule has 0 aliphatic heterocycles. The van der Waals surface area contributed by atoms with Gasteiger partial charge in [0.05, 0.1) is 0 Å². The molecule has 0 fully saturated rings. The third kappa shape index (κ3) is 1.95. The fourth-order valence-electron chi connectivity index (χ4n) is 1.53. The molecule has 2 rings (SSSR count). The second kappa shape index (κ2) is 4.55. The van der Waals surface area contributed by atoms with Gasteiger partial charge >= 0.3 is 18.9 Å². The Bertz CT molecular complexity index is 418. The van der Waals surface area contributed by atoms with Gasteiger partial charge in [-0.05, 0) is 5.69 Å². The smallest absolute Gasteiger partial charge is 0.385 e. The first-order valence-corrected chi connectivity index (χ1v) is 4.36. The first kappa shape index (κ1) is 11.2. The third-order valence-electron chi connectivity index (χ3n) is 2.16. The second-order valence-corrected chi connectivity index (χ2v) is 3.30. The van der Waals surface area contributed by atoms with Gasteiger partial charge in [0, 0.05) is 14.1 Å². The van der Waals surface area contributed by atoms with Crippen molar-refractivity contribution in [1.82, 2.24) is 0 Å². The van der Waals surface area contributed by atoms with Gasteiger partial charge in [0.25, 0.3) is 0 Å². The molecule has 0 unspecified atom stereocenters. The van der Waals surface area contributed by atoms with E-state index in [0.29, 0.717) is 0 Å². The zero-order valence-corrected chi connectivity index (χ0v) is 8.91. The van der Waals surface area contributed by atoms with Crippen molar-refractivity contribution in [2.45, 2.75) is 0 Å². The Morgan fingerprint density at radius 1 is 1.07 bits per heavy atom. The Kier molecular flexibility index (Phi) is 3.63. The summed E-state index contributed by atoms with van der Waals surface area (Å²) < 4.78 is 0. The summed E-state index contributed by atoms with van der Waals surface area (Å²) in [4.78, 5) is 2.12. The molecule has 0 bridgehead atoms. The summed E-state index contributed by atoms with van der Waals surface area (Å²) in [7, 11) is 4.11. The van der Waals surface area contributed by atoms with E-state index in [1.54, 1.807) is 0 Å². The SMILES string of the molecule is CN(C)c1cccc2[c-]cccc12.[Li+]. The Morgan fingerprint density at radius 2 is 1.86 bits per heavy atom. The Morgan fingerprint density at radius 3 is 2.57 bits per heavy atom. The molecule has 2 aromatic rings. The fourth-order valence-corrected chi connectivity index (χ4v) is 1.53. The summed E-state index contributed by atoms with van der Waals surface area (Å²) in [6.45, 7) is 0. The minimum Gasteiger partial charge on any atom is -0.385 e. The van der Waals surface area contributed by atoms with Crippen molar-refractivity contribution in [3.05, 3.63) is 42.5 Å². The minimum atomic E-state index is 0. The molecule has 0 amide bonds. The van der Waals surface area contributed by atoms with Crippen molar-refractivity contribution in [1.29, 1.82) is 0 Å². The predicted octanol–water partition coefficient (Wildman–Crippen LogP) is -0.290. The van der Waals surface area contributed by atoms with Gasteiger partial charge in [-0.2, -0.15) is 0 Å². The largest absolute Gasteiger partial charge is 1.00 e. The molecule has 1 nitrogen and oxygen atoms in total. The number of nitrogens with zero attached hydrogens (tertiary/aromatic N) is 1. The molecule has 0 N–H and O–H groups in total. The maximum atomic E-state index is 3.22. The van der Waals surface area contributed by atoms with Crippen molar-refractivity contribution >= 4 is 16.5 Å². The van der Waals surface area contributed by atoms with Crippen LogP contribution in [-0.4, -0.2) is 14.1 Å². The molecule has 0 radical (unpaired) electrons. The van der Waals surface area contributed by atoms with Gasteiger partial charge in [-0.3, -0.25) is 0 Å². The Hall–Kier alpha value is -0.903. The molecule has 2 heteroatoms. The summed E-state index contributed by atoms with van der Waals surface area (Å²) in [5.74, 6) is 0. The molecular formula is C12H12LiN. The van der Waals surface area contributed by atoms with Crippen LogP contribution in [0.1, 0.15) is 0 Å². The first-order valence-electron chi connectivity index (χ1n) is 4.36. The van der Waals surface area contributed by atoms with Crippen LogP contribution in [0.15, 0.2) is 36.4 Å². The number of anilines is 1. The molecule has 0 atom stereocenters. The maximum Gasteiger partial charge on any atom is 1.00 e. The molecule has 0 aliphatic rings. The van der Waals surface area contributed by atoms with Crippen LogP contribution in [0.5, 0.6) is 0 Å². The van der Waals surface area contributed by atoms with Crippen LogP contribution in [-0.2, 0) is 0 Å². The van der Waals surface area contributed by atoms with Crippen LogP contribution in [0.2, 0.25) is 0 Å². The average molecular weight is 177 g/mol. The molecule has 14 heavy (non-hydrogen) atoms. The molecule has 0 aromatic heterocycles. The number of fused-ring (bicyclic) bond motifs is 1.